The van der Waals surface area contributed by atoms with Crippen molar-refractivity contribution < 1.29 is 14.6 Å². The van der Waals surface area contributed by atoms with Gasteiger partial charge in [0.15, 0.2) is 6.61 Å². The van der Waals surface area contributed by atoms with E-state index in [4.69, 9.17) is 26.3 Å². The maximum Gasteiger partial charge on any atom is 0.261 e. The van der Waals surface area contributed by atoms with Crippen LogP contribution in [-0.4, -0.2) is 34.0 Å². The van der Waals surface area contributed by atoms with Gasteiger partial charge in [0.2, 0.25) is 0 Å². The predicted molar refractivity (Wildman–Crippen MR) is 100 cm³/mol. The Morgan fingerprint density at radius 2 is 1.89 bits per heavy atom. The highest BCUT2D eigenvalue weighted by atomic mass is 35.5. The lowest BCUT2D eigenvalue weighted by molar-refractivity contribution is 0.0914. The SMILES string of the molecule is N#CCOc1ccc(OC[C@@H](O)Cn2cnc3ccc(Cl)cc3c2=O)cc1. The van der Waals surface area contributed by atoms with E-state index in [-0.39, 0.29) is 25.3 Å². The Balaban J connectivity index is 1.62. The minimum atomic E-state index is -0.907. The third-order valence-corrected chi connectivity index (χ3v) is 4.00. The van der Waals surface area contributed by atoms with Gasteiger partial charge in [-0.05, 0) is 42.5 Å². The van der Waals surface area contributed by atoms with Crippen molar-refractivity contribution in [2.45, 2.75) is 12.6 Å². The fourth-order valence-corrected chi connectivity index (χ4v) is 2.65. The van der Waals surface area contributed by atoms with Gasteiger partial charge < -0.3 is 14.6 Å². The summed E-state index contributed by atoms with van der Waals surface area (Å²) in [4.78, 5) is 16.7. The second-order valence-corrected chi connectivity index (χ2v) is 6.18. The van der Waals surface area contributed by atoms with Crippen molar-refractivity contribution in [3.05, 3.63) is 64.2 Å². The molecule has 0 aliphatic carbocycles. The zero-order valence-corrected chi connectivity index (χ0v) is 15.0. The molecule has 2 aromatic carbocycles. The average molecular weight is 386 g/mol. The molecule has 1 N–H and O–H groups in total. The Labute approximate surface area is 160 Å². The van der Waals surface area contributed by atoms with E-state index in [9.17, 15) is 9.90 Å². The van der Waals surface area contributed by atoms with Crippen LogP contribution in [0.1, 0.15) is 0 Å². The third kappa shape index (κ3) is 4.76. The number of fused-ring (bicyclic) bond motifs is 1. The number of aliphatic hydroxyl groups is 1. The number of rotatable bonds is 7. The summed E-state index contributed by atoms with van der Waals surface area (Å²) >= 11 is 5.94. The first-order chi connectivity index (χ1) is 13.1. The van der Waals surface area contributed by atoms with E-state index in [1.807, 2.05) is 6.07 Å². The molecule has 3 aromatic rings. The molecule has 1 heterocycles. The molecule has 8 heteroatoms. The van der Waals surface area contributed by atoms with Crippen LogP contribution in [0.2, 0.25) is 5.02 Å². The number of hydrogen-bond acceptors (Lipinski definition) is 6. The van der Waals surface area contributed by atoms with E-state index < -0.39 is 6.10 Å². The largest absolute Gasteiger partial charge is 0.491 e. The first kappa shape index (κ1) is 18.7. The lowest BCUT2D eigenvalue weighted by atomic mass is 10.2. The second kappa shape index (κ2) is 8.54. The smallest absolute Gasteiger partial charge is 0.261 e. The summed E-state index contributed by atoms with van der Waals surface area (Å²) < 4.78 is 12.0. The molecular formula is C19H16ClN3O4. The molecule has 0 spiro atoms. The molecule has 1 atom stereocenters. The van der Waals surface area contributed by atoms with Crippen LogP contribution in [0.5, 0.6) is 11.5 Å². The van der Waals surface area contributed by atoms with Crippen molar-refractivity contribution in [2.75, 3.05) is 13.2 Å². The summed E-state index contributed by atoms with van der Waals surface area (Å²) in [7, 11) is 0. The number of nitrogens with zero attached hydrogens (tertiary/aromatic N) is 3. The maximum absolute atomic E-state index is 12.5. The number of halogens is 1. The van der Waals surface area contributed by atoms with Gasteiger partial charge in [0, 0.05) is 5.02 Å². The molecule has 3 rings (SSSR count). The van der Waals surface area contributed by atoms with Gasteiger partial charge in [0.1, 0.15) is 30.3 Å². The summed E-state index contributed by atoms with van der Waals surface area (Å²) in [5.74, 6) is 1.09. The van der Waals surface area contributed by atoms with E-state index in [1.165, 1.54) is 10.9 Å². The highest BCUT2D eigenvalue weighted by molar-refractivity contribution is 6.31. The van der Waals surface area contributed by atoms with E-state index in [0.29, 0.717) is 27.4 Å². The van der Waals surface area contributed by atoms with Crippen molar-refractivity contribution in [3.63, 3.8) is 0 Å². The van der Waals surface area contributed by atoms with Crippen LogP contribution in [0.15, 0.2) is 53.6 Å². The Bertz CT molecular complexity index is 1030. The van der Waals surface area contributed by atoms with Gasteiger partial charge in [-0.2, -0.15) is 5.26 Å². The molecule has 0 amide bonds. The minimum absolute atomic E-state index is 0.00157. The molecule has 0 aliphatic heterocycles. The molecule has 7 nitrogen and oxygen atoms in total. The van der Waals surface area contributed by atoms with Crippen molar-refractivity contribution in [1.29, 1.82) is 5.26 Å². The Morgan fingerprint density at radius 3 is 2.59 bits per heavy atom. The monoisotopic (exact) mass is 385 g/mol. The van der Waals surface area contributed by atoms with Crippen molar-refractivity contribution in [2.24, 2.45) is 0 Å². The highest BCUT2D eigenvalue weighted by Crippen LogP contribution is 2.18. The highest BCUT2D eigenvalue weighted by Gasteiger charge is 2.11. The van der Waals surface area contributed by atoms with Gasteiger partial charge in [0.05, 0.1) is 23.8 Å². The fourth-order valence-electron chi connectivity index (χ4n) is 2.48. The van der Waals surface area contributed by atoms with Gasteiger partial charge in [0.25, 0.3) is 5.56 Å². The molecule has 0 aliphatic rings. The van der Waals surface area contributed by atoms with Gasteiger partial charge in [-0.1, -0.05) is 11.6 Å². The fraction of sp³-hybridized carbons (Fsp3) is 0.211. The van der Waals surface area contributed by atoms with Crippen LogP contribution < -0.4 is 15.0 Å². The Hall–Kier alpha value is -3.08. The molecule has 1 aromatic heterocycles. The average Bonchev–Trinajstić information content (AvgIpc) is 2.68. The molecule has 27 heavy (non-hydrogen) atoms. The number of aromatic nitrogens is 2. The van der Waals surface area contributed by atoms with Gasteiger partial charge in [-0.3, -0.25) is 9.36 Å². The topological polar surface area (TPSA) is 97.4 Å². The van der Waals surface area contributed by atoms with Crippen LogP contribution in [-0.2, 0) is 6.54 Å². The number of hydrogen-bond donors (Lipinski definition) is 1. The first-order valence-electron chi connectivity index (χ1n) is 8.12. The molecule has 0 saturated carbocycles. The summed E-state index contributed by atoms with van der Waals surface area (Å²) in [6.45, 7) is 0.00868. The maximum atomic E-state index is 12.5. The second-order valence-electron chi connectivity index (χ2n) is 5.75. The lowest BCUT2D eigenvalue weighted by Crippen LogP contribution is -2.30. The molecule has 0 fully saturated rings. The number of aliphatic hydroxyl groups excluding tert-OH is 1. The van der Waals surface area contributed by atoms with Gasteiger partial charge >= 0.3 is 0 Å². The zero-order valence-electron chi connectivity index (χ0n) is 14.2. The van der Waals surface area contributed by atoms with E-state index in [2.05, 4.69) is 4.98 Å². The number of ether oxygens (including phenoxy) is 2. The Morgan fingerprint density at radius 1 is 1.19 bits per heavy atom. The summed E-state index contributed by atoms with van der Waals surface area (Å²) in [5.41, 5.74) is 0.269. The molecule has 0 unspecified atom stereocenters. The lowest BCUT2D eigenvalue weighted by Gasteiger charge is -2.14. The first-order valence-corrected chi connectivity index (χ1v) is 8.50. The number of benzene rings is 2. The van der Waals surface area contributed by atoms with Crippen molar-refractivity contribution in [3.8, 4) is 17.6 Å². The van der Waals surface area contributed by atoms with E-state index >= 15 is 0 Å². The van der Waals surface area contributed by atoms with Crippen LogP contribution >= 0.6 is 11.6 Å². The standard InChI is InChI=1S/C19H16ClN3O4/c20-13-1-6-18-17(9-13)19(25)23(12-22-18)10-14(24)11-27-16-4-2-15(3-5-16)26-8-7-21/h1-6,9,12,14,24H,8,10-11H2/t14-/m0/s1. The van der Waals surface area contributed by atoms with Crippen LogP contribution in [0.3, 0.4) is 0 Å². The van der Waals surface area contributed by atoms with Crippen molar-refractivity contribution >= 4 is 22.5 Å². The van der Waals surface area contributed by atoms with Crippen LogP contribution in [0.4, 0.5) is 0 Å². The van der Waals surface area contributed by atoms with Crippen LogP contribution in [0, 0.1) is 11.3 Å². The van der Waals surface area contributed by atoms with E-state index in [0.717, 1.165) is 0 Å². The molecule has 0 saturated heterocycles. The van der Waals surface area contributed by atoms with Crippen molar-refractivity contribution in [1.82, 2.24) is 9.55 Å². The summed E-state index contributed by atoms with van der Waals surface area (Å²) in [5, 5.41) is 19.5. The van der Waals surface area contributed by atoms with Gasteiger partial charge in [-0.15, -0.1) is 0 Å². The third-order valence-electron chi connectivity index (χ3n) is 3.76. The summed E-state index contributed by atoms with van der Waals surface area (Å²) in [6.07, 6.45) is 0.485. The molecule has 0 bridgehead atoms. The molecule has 0 radical (unpaired) electrons. The molecular weight excluding hydrogens is 370 g/mol. The predicted octanol–water partition coefficient (Wildman–Crippen LogP) is 2.39. The van der Waals surface area contributed by atoms with E-state index in [1.54, 1.807) is 42.5 Å². The van der Waals surface area contributed by atoms with Gasteiger partial charge in [-0.25, -0.2) is 4.98 Å². The number of nitriles is 1. The minimum Gasteiger partial charge on any atom is -0.491 e. The summed E-state index contributed by atoms with van der Waals surface area (Å²) in [6, 6.07) is 13.5. The Kier molecular flexibility index (Phi) is 5.91. The quantitative estimate of drug-likeness (QED) is 0.670. The zero-order chi connectivity index (χ0) is 19.2. The molecule has 138 valence electrons. The normalized spacial score (nSPS) is 11.7. The van der Waals surface area contributed by atoms with Crippen LogP contribution in [0.25, 0.3) is 10.9 Å².